The molecule has 0 heterocycles. The van der Waals surface area contributed by atoms with E-state index in [1.54, 1.807) is 31.2 Å². The largest absolute Gasteiger partial charge is 0.416 e. The first-order valence-electron chi connectivity index (χ1n) is 7.94. The van der Waals surface area contributed by atoms with Gasteiger partial charge in [0.1, 0.15) is 0 Å². The Morgan fingerprint density at radius 2 is 1.63 bits per heavy atom. The molecule has 0 unspecified atom stereocenters. The second kappa shape index (κ2) is 8.73. The molecule has 2 aromatic rings. The average molecular weight is 397 g/mol. The Kier molecular flexibility index (Phi) is 6.63. The predicted octanol–water partition coefficient (Wildman–Crippen LogP) is 5.36. The van der Waals surface area contributed by atoms with Crippen molar-refractivity contribution in [3.05, 3.63) is 64.7 Å². The van der Waals surface area contributed by atoms with Crippen molar-refractivity contribution in [2.24, 2.45) is 0 Å². The van der Waals surface area contributed by atoms with Crippen LogP contribution in [0.2, 0.25) is 5.02 Å². The number of halogens is 4. The van der Waals surface area contributed by atoms with E-state index in [2.05, 4.69) is 10.6 Å². The number of hydrogen-bond donors (Lipinski definition) is 2. The van der Waals surface area contributed by atoms with Crippen molar-refractivity contribution in [3.8, 4) is 0 Å². The predicted molar refractivity (Wildman–Crippen MR) is 99.5 cm³/mol. The number of alkyl halides is 3. The summed E-state index contributed by atoms with van der Waals surface area (Å²) in [6.45, 7) is 1.73. The van der Waals surface area contributed by atoms with Gasteiger partial charge in [-0.3, -0.25) is 9.59 Å². The second-order valence-corrected chi connectivity index (χ2v) is 5.94. The lowest BCUT2D eigenvalue weighted by molar-refractivity contribution is -0.137. The molecule has 8 heteroatoms. The van der Waals surface area contributed by atoms with E-state index >= 15 is 0 Å². The number of anilines is 2. The smallest absolute Gasteiger partial charge is 0.326 e. The summed E-state index contributed by atoms with van der Waals surface area (Å²) in [5.41, 5.74) is 0.288. The summed E-state index contributed by atoms with van der Waals surface area (Å²) in [5.74, 6) is -0.665. The summed E-state index contributed by atoms with van der Waals surface area (Å²) in [4.78, 5) is 23.3. The van der Waals surface area contributed by atoms with Crippen molar-refractivity contribution in [3.63, 3.8) is 0 Å². The molecule has 2 rings (SSSR count). The topological polar surface area (TPSA) is 58.2 Å². The highest BCUT2D eigenvalue weighted by atomic mass is 35.5. The van der Waals surface area contributed by atoms with Crippen LogP contribution in [0.15, 0.2) is 48.5 Å². The first-order valence-corrected chi connectivity index (χ1v) is 8.32. The third-order valence-electron chi connectivity index (χ3n) is 3.49. The van der Waals surface area contributed by atoms with E-state index in [-0.39, 0.29) is 16.5 Å². The van der Waals surface area contributed by atoms with E-state index in [9.17, 15) is 22.8 Å². The third-order valence-corrected chi connectivity index (χ3v) is 3.84. The van der Waals surface area contributed by atoms with Crippen LogP contribution in [0.1, 0.15) is 24.5 Å². The molecule has 0 aliphatic carbocycles. The Bertz CT molecular complexity index is 862. The lowest BCUT2D eigenvalue weighted by Crippen LogP contribution is -2.10. The Hall–Kier alpha value is -2.80. The van der Waals surface area contributed by atoms with Gasteiger partial charge in [-0.1, -0.05) is 18.5 Å². The maximum atomic E-state index is 12.7. The van der Waals surface area contributed by atoms with Crippen LogP contribution in [0, 0.1) is 0 Å². The highest BCUT2D eigenvalue weighted by Gasteiger charge is 2.30. The zero-order valence-corrected chi connectivity index (χ0v) is 15.0. The summed E-state index contributed by atoms with van der Waals surface area (Å²) >= 11 is 5.88. The van der Waals surface area contributed by atoms with E-state index in [1.165, 1.54) is 6.08 Å². The van der Waals surface area contributed by atoms with E-state index in [1.807, 2.05) is 0 Å². The Labute approximate surface area is 159 Å². The van der Waals surface area contributed by atoms with Crippen LogP contribution in [0.25, 0.3) is 6.08 Å². The molecule has 142 valence electrons. The summed E-state index contributed by atoms with van der Waals surface area (Å²) in [7, 11) is 0. The fourth-order valence-electron chi connectivity index (χ4n) is 2.08. The first kappa shape index (κ1) is 20.5. The molecule has 0 radical (unpaired) electrons. The minimum Gasteiger partial charge on any atom is -0.326 e. The SMILES string of the molecule is CCC(=O)Nc1ccc(NC(=O)C=Cc2cc(C(F)(F)F)ccc2Cl)cc1. The van der Waals surface area contributed by atoms with Gasteiger partial charge in [0.25, 0.3) is 0 Å². The summed E-state index contributed by atoms with van der Waals surface area (Å²) in [6.07, 6.45) is -1.84. The van der Waals surface area contributed by atoms with Gasteiger partial charge in [-0.15, -0.1) is 0 Å². The van der Waals surface area contributed by atoms with E-state index in [4.69, 9.17) is 11.6 Å². The number of carbonyl (C=O) groups is 2. The van der Waals surface area contributed by atoms with Gasteiger partial charge in [0.15, 0.2) is 0 Å². The van der Waals surface area contributed by atoms with Crippen LogP contribution in [-0.4, -0.2) is 11.8 Å². The number of benzene rings is 2. The number of amides is 2. The molecule has 27 heavy (non-hydrogen) atoms. The fourth-order valence-corrected chi connectivity index (χ4v) is 2.26. The molecule has 0 aliphatic rings. The van der Waals surface area contributed by atoms with Gasteiger partial charge in [-0.2, -0.15) is 13.2 Å². The van der Waals surface area contributed by atoms with Crippen molar-refractivity contribution in [2.45, 2.75) is 19.5 Å². The maximum Gasteiger partial charge on any atom is 0.416 e. The average Bonchev–Trinajstić information content (AvgIpc) is 2.61. The summed E-state index contributed by atoms with van der Waals surface area (Å²) in [6, 6.07) is 9.30. The van der Waals surface area contributed by atoms with Crippen LogP contribution in [0.5, 0.6) is 0 Å². The molecular weight excluding hydrogens is 381 g/mol. The van der Waals surface area contributed by atoms with Gasteiger partial charge >= 0.3 is 6.18 Å². The Morgan fingerprint density at radius 3 is 2.19 bits per heavy atom. The van der Waals surface area contributed by atoms with Crippen molar-refractivity contribution < 1.29 is 22.8 Å². The molecular formula is C19H16ClF3N2O2. The molecule has 2 aromatic carbocycles. The monoisotopic (exact) mass is 396 g/mol. The van der Waals surface area contributed by atoms with Crippen molar-refractivity contribution in [1.82, 2.24) is 0 Å². The maximum absolute atomic E-state index is 12.7. The minimum absolute atomic E-state index is 0.0827. The molecule has 0 saturated heterocycles. The molecule has 4 nitrogen and oxygen atoms in total. The second-order valence-electron chi connectivity index (χ2n) is 5.54. The van der Waals surface area contributed by atoms with Gasteiger partial charge in [0, 0.05) is 28.9 Å². The summed E-state index contributed by atoms with van der Waals surface area (Å²) < 4.78 is 38.2. The number of rotatable bonds is 5. The van der Waals surface area contributed by atoms with Crippen LogP contribution in [0.4, 0.5) is 24.5 Å². The standard InChI is InChI=1S/C19H16ClF3N2O2/c1-2-17(26)24-14-5-7-15(8-6-14)25-18(27)10-3-12-11-13(19(21,22)23)4-9-16(12)20/h3-11H,2H2,1H3,(H,24,26)(H,25,27). The fraction of sp³-hybridized carbons (Fsp3) is 0.158. The Morgan fingerprint density at radius 1 is 1.04 bits per heavy atom. The molecule has 2 amide bonds. The van der Waals surface area contributed by atoms with Gasteiger partial charge < -0.3 is 10.6 Å². The molecule has 0 fully saturated rings. The van der Waals surface area contributed by atoms with Crippen molar-refractivity contribution in [1.29, 1.82) is 0 Å². The Balaban J connectivity index is 2.04. The van der Waals surface area contributed by atoms with Crippen LogP contribution < -0.4 is 10.6 Å². The normalized spacial score (nSPS) is 11.4. The molecule has 0 bridgehead atoms. The molecule has 0 atom stereocenters. The first-order chi connectivity index (χ1) is 12.7. The highest BCUT2D eigenvalue weighted by molar-refractivity contribution is 6.32. The third kappa shape index (κ3) is 6.14. The lowest BCUT2D eigenvalue weighted by Gasteiger charge is -2.08. The van der Waals surface area contributed by atoms with E-state index < -0.39 is 17.6 Å². The number of nitrogens with one attached hydrogen (secondary N) is 2. The van der Waals surface area contributed by atoms with E-state index in [0.717, 1.165) is 24.3 Å². The van der Waals surface area contributed by atoms with Gasteiger partial charge in [-0.05, 0) is 54.1 Å². The summed E-state index contributed by atoms with van der Waals surface area (Å²) in [5, 5.41) is 5.34. The van der Waals surface area contributed by atoms with E-state index in [0.29, 0.717) is 17.8 Å². The van der Waals surface area contributed by atoms with Gasteiger partial charge in [0.05, 0.1) is 5.56 Å². The van der Waals surface area contributed by atoms with Crippen LogP contribution in [-0.2, 0) is 15.8 Å². The zero-order chi connectivity index (χ0) is 20.0. The zero-order valence-electron chi connectivity index (χ0n) is 14.2. The van der Waals surface area contributed by atoms with Crippen molar-refractivity contribution in [2.75, 3.05) is 10.6 Å². The molecule has 2 N–H and O–H groups in total. The molecule has 0 spiro atoms. The van der Waals surface area contributed by atoms with Gasteiger partial charge in [0.2, 0.25) is 11.8 Å². The number of carbonyl (C=O) groups excluding carboxylic acids is 2. The quantitative estimate of drug-likeness (QED) is 0.668. The molecule has 0 aromatic heterocycles. The minimum atomic E-state index is -4.50. The number of hydrogen-bond acceptors (Lipinski definition) is 2. The van der Waals surface area contributed by atoms with Gasteiger partial charge in [-0.25, -0.2) is 0 Å². The molecule has 0 saturated carbocycles. The highest BCUT2D eigenvalue weighted by Crippen LogP contribution is 2.32. The molecule has 0 aliphatic heterocycles. The van der Waals surface area contributed by atoms with Crippen molar-refractivity contribution >= 4 is 40.9 Å². The van der Waals surface area contributed by atoms with Crippen LogP contribution in [0.3, 0.4) is 0 Å². The lowest BCUT2D eigenvalue weighted by atomic mass is 10.1. The van der Waals surface area contributed by atoms with Crippen LogP contribution >= 0.6 is 11.6 Å².